The van der Waals surface area contributed by atoms with Crippen molar-refractivity contribution in [3.05, 3.63) is 332 Å². The summed E-state index contributed by atoms with van der Waals surface area (Å²) >= 11 is 15.3. The van der Waals surface area contributed by atoms with Gasteiger partial charge in [-0.05, 0) is 169 Å². The molecule has 20 rings (SSSR count). The van der Waals surface area contributed by atoms with Gasteiger partial charge >= 0.3 is 7.12 Å². The van der Waals surface area contributed by atoms with Crippen LogP contribution in [-0.4, -0.2) is 47.1 Å². The van der Waals surface area contributed by atoms with Crippen molar-refractivity contribution < 1.29 is 10.0 Å². The van der Waals surface area contributed by atoms with Gasteiger partial charge < -0.3 is 10.0 Å². The monoisotopic (exact) mass is 1400 g/mol. The fourth-order valence-corrected chi connectivity index (χ4v) is 17.1. The summed E-state index contributed by atoms with van der Waals surface area (Å²) < 4.78 is 4.77. The Hall–Kier alpha value is -11.9. The number of fused-ring (bicyclic) bond motifs is 15. The Morgan fingerprint density at radius 1 is 0.233 bits per heavy atom. The lowest BCUT2D eigenvalue weighted by Crippen LogP contribution is -2.29. The SMILES string of the molecule is Clc1nc(Cl)nc(-c2cccc3c2sc2ccccc23)n1.OB(O)c1ccc(-c2cc3ccccc3c3ccccc23)cc1.c1ccc2c(c1)cc(-c1ccc(-c3nc(-c4ccc(-c5cc6ccccc6c6ccccc56)cc4)nc(-c4cccc5c4sc4ccccc45)n3)cc1)c1ccccc12. The molecular formula is C90H55BCl2N6O2S2. The predicted molar refractivity (Wildman–Crippen MR) is 435 cm³/mol. The molecule has 8 nitrogen and oxygen atoms in total. The van der Waals surface area contributed by atoms with Crippen molar-refractivity contribution in [3.8, 4) is 78.9 Å². The maximum atomic E-state index is 9.25. The van der Waals surface area contributed by atoms with E-state index in [1.54, 1.807) is 34.8 Å². The number of thiophene rings is 2. The lowest BCUT2D eigenvalue weighted by molar-refractivity contribution is 0.426. The molecule has 4 heterocycles. The second-order valence-electron chi connectivity index (χ2n) is 25.3. The molecule has 20 aromatic rings. The van der Waals surface area contributed by atoms with Gasteiger partial charge in [0, 0.05) is 62.6 Å². The van der Waals surface area contributed by atoms with Gasteiger partial charge in [-0.1, -0.05) is 279 Å². The highest BCUT2D eigenvalue weighted by atomic mass is 35.5. The van der Waals surface area contributed by atoms with Crippen LogP contribution in [0.15, 0.2) is 322 Å². The zero-order valence-electron chi connectivity index (χ0n) is 54.8. The first-order valence-corrected chi connectivity index (χ1v) is 36.1. The van der Waals surface area contributed by atoms with Crippen molar-refractivity contribution in [1.82, 2.24) is 29.9 Å². The Morgan fingerprint density at radius 3 is 0.903 bits per heavy atom. The maximum Gasteiger partial charge on any atom is 0.488 e. The molecule has 0 aliphatic heterocycles. The van der Waals surface area contributed by atoms with Crippen molar-refractivity contribution in [2.45, 2.75) is 0 Å². The average Bonchev–Trinajstić information content (AvgIpc) is 1.17. The third kappa shape index (κ3) is 11.9. The van der Waals surface area contributed by atoms with Crippen LogP contribution < -0.4 is 5.46 Å². The molecule has 0 unspecified atom stereocenters. The summed E-state index contributed by atoms with van der Waals surface area (Å²) in [7, 11) is -1.43. The minimum Gasteiger partial charge on any atom is -0.423 e. The van der Waals surface area contributed by atoms with E-state index in [4.69, 9.17) is 38.2 Å². The number of aromatic nitrogens is 6. The highest BCUT2D eigenvalue weighted by Gasteiger charge is 2.20. The highest BCUT2D eigenvalue weighted by molar-refractivity contribution is 7.26. The minimum absolute atomic E-state index is 0.100. The van der Waals surface area contributed by atoms with Gasteiger partial charge in [0.15, 0.2) is 23.3 Å². The predicted octanol–water partition coefficient (Wildman–Crippen LogP) is 23.7. The lowest BCUT2D eigenvalue weighted by Gasteiger charge is -2.13. The maximum absolute atomic E-state index is 9.25. The summed E-state index contributed by atoms with van der Waals surface area (Å²) in [6.07, 6.45) is 0. The first kappa shape index (κ1) is 63.3. The second kappa shape index (κ2) is 26.9. The van der Waals surface area contributed by atoms with Gasteiger partial charge in [-0.3, -0.25) is 0 Å². The standard InChI is InChI=1S/C55H33N3S.C20H15BO2.C15H7Cl2N3S/c1-3-14-40-38(12-1)32-49(44-18-7-5-16-42(40)44)34-24-28-36(29-25-34)53-56-54(58-55(57-53)48-22-11-21-47-46-20-9-10-23-51(46)59-52(47)48)37-30-26-35(27-31-37)50-33-39-13-2-4-15-41(39)43-17-6-8-19-45(43)50;22-21(23)16-11-9-14(10-12-16)20-13-15-5-1-2-6-17(15)18-7-3-4-8-19(18)20;16-14-18-13(19-15(17)20-14)10-6-3-5-9-8-4-1-2-7-11(8)21-12(9)10/h1-33H;1-13,22-23H;1-7H. The number of hydrogen-bond donors (Lipinski definition) is 2. The first-order chi connectivity index (χ1) is 50.7. The number of rotatable bonds is 8. The molecule has 0 saturated heterocycles. The number of nitrogens with zero attached hydrogens (tertiary/aromatic N) is 6. The molecule has 103 heavy (non-hydrogen) atoms. The molecule has 0 radical (unpaired) electrons. The molecule has 0 amide bonds. The van der Waals surface area contributed by atoms with Crippen molar-refractivity contribution in [2.75, 3.05) is 0 Å². The third-order valence-electron chi connectivity index (χ3n) is 19.2. The Bertz CT molecular complexity index is 6510. The van der Waals surface area contributed by atoms with E-state index >= 15 is 0 Å². The van der Waals surface area contributed by atoms with Gasteiger partial charge in [0.25, 0.3) is 0 Å². The molecular weight excluding hydrogens is 1340 g/mol. The molecule has 0 bridgehead atoms. The first-order valence-electron chi connectivity index (χ1n) is 33.7. The van der Waals surface area contributed by atoms with E-state index in [1.807, 2.05) is 48.5 Å². The van der Waals surface area contributed by atoms with Crippen LogP contribution in [0.4, 0.5) is 0 Å². The van der Waals surface area contributed by atoms with Crippen LogP contribution in [0.25, 0.3) is 184 Å². The fourth-order valence-electron chi connectivity index (χ4n) is 14.4. The van der Waals surface area contributed by atoms with E-state index in [0.29, 0.717) is 28.8 Å². The van der Waals surface area contributed by atoms with Gasteiger partial charge in [0.2, 0.25) is 10.6 Å². The van der Waals surface area contributed by atoms with Gasteiger partial charge in [0.05, 0.1) is 0 Å². The fraction of sp³-hybridized carbons (Fsp3) is 0. The molecule has 0 aliphatic rings. The third-order valence-corrected chi connectivity index (χ3v) is 22.0. The molecule has 0 aliphatic carbocycles. The summed E-state index contributed by atoms with van der Waals surface area (Å²) in [6.45, 7) is 0. The van der Waals surface area contributed by atoms with Crippen LogP contribution in [0.3, 0.4) is 0 Å². The van der Waals surface area contributed by atoms with Crippen LogP contribution in [0.5, 0.6) is 0 Å². The lowest BCUT2D eigenvalue weighted by atomic mass is 9.79. The Balaban J connectivity index is 0.000000139. The van der Waals surface area contributed by atoms with Gasteiger partial charge in [0.1, 0.15) is 0 Å². The number of hydrogen-bond acceptors (Lipinski definition) is 10. The second-order valence-corrected chi connectivity index (χ2v) is 28.1. The Kier molecular flexibility index (Phi) is 16.5. The summed E-state index contributed by atoms with van der Waals surface area (Å²) in [5.41, 5.74) is 11.2. The zero-order valence-corrected chi connectivity index (χ0v) is 58.0. The Morgan fingerprint density at radius 2 is 0.524 bits per heavy atom. The molecule has 0 spiro atoms. The number of benzene rings is 16. The normalized spacial score (nSPS) is 11.5. The van der Waals surface area contributed by atoms with Crippen molar-refractivity contribution in [2.24, 2.45) is 0 Å². The molecule has 0 saturated carbocycles. The quantitative estimate of drug-likeness (QED) is 0.114. The van der Waals surface area contributed by atoms with E-state index in [0.717, 1.165) is 49.2 Å². The highest BCUT2D eigenvalue weighted by Crippen LogP contribution is 2.44. The molecule has 2 N–H and O–H groups in total. The molecule has 486 valence electrons. The van der Waals surface area contributed by atoms with Crippen LogP contribution in [0.1, 0.15) is 0 Å². The minimum atomic E-state index is -1.43. The largest absolute Gasteiger partial charge is 0.488 e. The van der Waals surface area contributed by atoms with Crippen LogP contribution in [0, 0.1) is 0 Å². The van der Waals surface area contributed by atoms with Crippen LogP contribution in [0.2, 0.25) is 10.6 Å². The van der Waals surface area contributed by atoms with Crippen LogP contribution in [-0.2, 0) is 0 Å². The molecule has 0 fully saturated rings. The van der Waals surface area contributed by atoms with E-state index in [9.17, 15) is 10.0 Å². The molecule has 16 aromatic carbocycles. The topological polar surface area (TPSA) is 118 Å². The number of halogens is 2. The smallest absolute Gasteiger partial charge is 0.423 e. The molecule has 4 aromatic heterocycles. The zero-order chi connectivity index (χ0) is 69.1. The summed E-state index contributed by atoms with van der Waals surface area (Å²) in [5.74, 6) is 2.44. The van der Waals surface area contributed by atoms with E-state index in [-0.39, 0.29) is 10.6 Å². The summed E-state index contributed by atoms with van der Waals surface area (Å²) in [4.78, 5) is 27.8. The van der Waals surface area contributed by atoms with Gasteiger partial charge in [-0.2, -0.15) is 15.0 Å². The van der Waals surface area contributed by atoms with Crippen molar-refractivity contribution in [3.63, 3.8) is 0 Å². The van der Waals surface area contributed by atoms with E-state index in [1.165, 1.54) is 111 Å². The summed E-state index contributed by atoms with van der Waals surface area (Å²) in [5, 5.41) is 38.4. The Labute approximate surface area is 609 Å². The van der Waals surface area contributed by atoms with Crippen LogP contribution >= 0.6 is 45.9 Å². The average molecular weight is 1400 g/mol. The van der Waals surface area contributed by atoms with Gasteiger partial charge in [-0.25, -0.2) is 15.0 Å². The van der Waals surface area contributed by atoms with Gasteiger partial charge in [-0.15, -0.1) is 22.7 Å². The summed E-state index contributed by atoms with van der Waals surface area (Å²) in [6, 6.07) is 112. The molecule has 0 atom stereocenters. The van der Waals surface area contributed by atoms with E-state index in [2.05, 4.69) is 276 Å². The van der Waals surface area contributed by atoms with Crippen molar-refractivity contribution >= 4 is 163 Å². The molecule has 13 heteroatoms. The van der Waals surface area contributed by atoms with Crippen molar-refractivity contribution in [1.29, 1.82) is 0 Å². The van der Waals surface area contributed by atoms with E-state index < -0.39 is 7.12 Å².